The van der Waals surface area contributed by atoms with Crippen LogP contribution < -0.4 is 10.6 Å². The van der Waals surface area contributed by atoms with Crippen molar-refractivity contribution in [3.63, 3.8) is 0 Å². The summed E-state index contributed by atoms with van der Waals surface area (Å²) in [5, 5.41) is 5.79. The van der Waals surface area contributed by atoms with Gasteiger partial charge >= 0.3 is 11.9 Å². The highest BCUT2D eigenvalue weighted by molar-refractivity contribution is 7.17. The Bertz CT molecular complexity index is 1030. The topological polar surface area (TPSA) is 111 Å². The summed E-state index contributed by atoms with van der Waals surface area (Å²) < 4.78 is 10.5. The maximum atomic E-state index is 12.7. The molecule has 0 saturated carbocycles. The zero-order valence-electron chi connectivity index (χ0n) is 18.3. The molecule has 1 aliphatic rings. The first-order valence-corrected chi connectivity index (χ1v) is 11.3. The van der Waals surface area contributed by atoms with E-state index in [9.17, 15) is 19.2 Å². The van der Waals surface area contributed by atoms with Gasteiger partial charge in [0.05, 0.1) is 17.7 Å². The number of benzene rings is 1. The highest BCUT2D eigenvalue weighted by atomic mass is 32.1. The predicted molar refractivity (Wildman–Crippen MR) is 121 cm³/mol. The maximum absolute atomic E-state index is 12.7. The third-order valence-electron chi connectivity index (χ3n) is 4.98. The van der Waals surface area contributed by atoms with Crippen LogP contribution in [0.5, 0.6) is 0 Å². The van der Waals surface area contributed by atoms with Crippen molar-refractivity contribution in [1.29, 1.82) is 0 Å². The lowest BCUT2D eigenvalue weighted by atomic mass is 9.95. The molecule has 9 heteroatoms. The number of hydrogen-bond acceptors (Lipinski definition) is 7. The molecule has 8 nitrogen and oxygen atoms in total. The van der Waals surface area contributed by atoms with Crippen molar-refractivity contribution in [3.05, 3.63) is 45.8 Å². The van der Waals surface area contributed by atoms with E-state index in [4.69, 9.17) is 9.47 Å². The summed E-state index contributed by atoms with van der Waals surface area (Å²) in [6.45, 7) is 4.83. The van der Waals surface area contributed by atoms with Crippen LogP contribution in [0.25, 0.3) is 0 Å². The lowest BCUT2D eigenvalue weighted by Gasteiger charge is -2.14. The summed E-state index contributed by atoms with van der Waals surface area (Å²) in [5.74, 6) is -1.87. The Morgan fingerprint density at radius 2 is 1.72 bits per heavy atom. The summed E-state index contributed by atoms with van der Waals surface area (Å²) in [6.07, 6.45) is 2.58. The Morgan fingerprint density at radius 1 is 1.03 bits per heavy atom. The highest BCUT2D eigenvalue weighted by Gasteiger charge is 2.29. The Labute approximate surface area is 190 Å². The number of esters is 2. The number of rotatable bonds is 7. The molecule has 0 fully saturated rings. The SMILES string of the molecule is CCOC(=O)c1c(NC(=O)C(C)OC(=O)c2ccc(NC(C)=O)cc2)sc2c1CCCC2. The smallest absolute Gasteiger partial charge is 0.341 e. The van der Waals surface area contributed by atoms with Gasteiger partial charge in [-0.1, -0.05) is 0 Å². The average Bonchev–Trinajstić information content (AvgIpc) is 3.11. The number of carbonyl (C=O) groups excluding carboxylic acids is 4. The zero-order chi connectivity index (χ0) is 23.3. The standard InChI is InChI=1S/C23H26N2O6S/c1-4-30-23(29)19-17-7-5-6-8-18(17)32-21(19)25-20(27)13(2)31-22(28)15-9-11-16(12-10-15)24-14(3)26/h9-13H,4-8H2,1-3H3,(H,24,26)(H,25,27). The molecule has 1 aromatic carbocycles. The number of amides is 2. The molecule has 0 bridgehead atoms. The van der Waals surface area contributed by atoms with Crippen molar-refractivity contribution in [3.8, 4) is 0 Å². The third-order valence-corrected chi connectivity index (χ3v) is 6.19. The van der Waals surface area contributed by atoms with E-state index in [2.05, 4.69) is 10.6 Å². The van der Waals surface area contributed by atoms with Crippen LogP contribution in [0.4, 0.5) is 10.7 Å². The van der Waals surface area contributed by atoms with Crippen LogP contribution >= 0.6 is 11.3 Å². The number of nitrogens with one attached hydrogen (secondary N) is 2. The third kappa shape index (κ3) is 5.53. The van der Waals surface area contributed by atoms with Gasteiger partial charge < -0.3 is 20.1 Å². The fraction of sp³-hybridized carbons (Fsp3) is 0.391. The molecule has 1 aromatic heterocycles. The number of aryl methyl sites for hydroxylation is 1. The molecule has 0 saturated heterocycles. The summed E-state index contributed by atoms with van der Waals surface area (Å²) in [4.78, 5) is 49.8. The number of anilines is 2. The van der Waals surface area contributed by atoms with E-state index in [0.717, 1.165) is 36.1 Å². The van der Waals surface area contributed by atoms with Crippen LogP contribution in [0.1, 0.15) is 64.8 Å². The van der Waals surface area contributed by atoms with Crippen LogP contribution in [-0.4, -0.2) is 36.5 Å². The van der Waals surface area contributed by atoms with Crippen LogP contribution in [0.2, 0.25) is 0 Å². The van der Waals surface area contributed by atoms with E-state index < -0.39 is 23.9 Å². The van der Waals surface area contributed by atoms with Crippen molar-refractivity contribution >= 4 is 45.8 Å². The van der Waals surface area contributed by atoms with Crippen molar-refractivity contribution in [2.75, 3.05) is 17.2 Å². The van der Waals surface area contributed by atoms with E-state index in [1.54, 1.807) is 19.1 Å². The molecule has 2 aromatic rings. The van der Waals surface area contributed by atoms with Crippen molar-refractivity contribution in [2.24, 2.45) is 0 Å². The van der Waals surface area contributed by atoms with Crippen LogP contribution in [-0.2, 0) is 31.9 Å². The number of thiophene rings is 1. The highest BCUT2D eigenvalue weighted by Crippen LogP contribution is 2.38. The largest absolute Gasteiger partial charge is 0.462 e. The molecule has 2 N–H and O–H groups in total. The van der Waals surface area contributed by atoms with E-state index >= 15 is 0 Å². The molecule has 0 radical (unpaired) electrons. The molecule has 1 heterocycles. The Balaban J connectivity index is 1.69. The predicted octanol–water partition coefficient (Wildman–Crippen LogP) is 3.95. The van der Waals surface area contributed by atoms with Crippen LogP contribution in [0.15, 0.2) is 24.3 Å². The lowest BCUT2D eigenvalue weighted by molar-refractivity contribution is -0.123. The summed E-state index contributed by atoms with van der Waals surface area (Å²) in [7, 11) is 0. The van der Waals surface area contributed by atoms with Gasteiger partial charge in [0.15, 0.2) is 6.10 Å². The summed E-state index contributed by atoms with van der Waals surface area (Å²) in [6, 6.07) is 6.16. The van der Waals surface area contributed by atoms with Crippen LogP contribution in [0.3, 0.4) is 0 Å². The molecule has 170 valence electrons. The lowest BCUT2D eigenvalue weighted by Crippen LogP contribution is -2.30. The minimum absolute atomic E-state index is 0.219. The minimum Gasteiger partial charge on any atom is -0.462 e. The summed E-state index contributed by atoms with van der Waals surface area (Å²) >= 11 is 1.38. The van der Waals surface area contributed by atoms with E-state index in [0.29, 0.717) is 16.3 Å². The first-order chi connectivity index (χ1) is 15.3. The van der Waals surface area contributed by atoms with Gasteiger partial charge in [-0.3, -0.25) is 9.59 Å². The maximum Gasteiger partial charge on any atom is 0.341 e. The van der Waals surface area contributed by atoms with Gasteiger partial charge in [0.2, 0.25) is 5.91 Å². The van der Waals surface area contributed by atoms with E-state index in [-0.39, 0.29) is 18.1 Å². The Hall–Kier alpha value is -3.20. The number of carbonyl (C=O) groups is 4. The minimum atomic E-state index is -1.08. The van der Waals surface area contributed by atoms with Gasteiger partial charge in [-0.15, -0.1) is 11.3 Å². The second-order valence-corrected chi connectivity index (χ2v) is 8.54. The molecule has 32 heavy (non-hydrogen) atoms. The summed E-state index contributed by atoms with van der Waals surface area (Å²) in [5.41, 5.74) is 2.15. The molecule has 2 amide bonds. The Kier molecular flexibility index (Phi) is 7.63. The van der Waals surface area contributed by atoms with Gasteiger partial charge in [0, 0.05) is 17.5 Å². The monoisotopic (exact) mass is 458 g/mol. The van der Waals surface area contributed by atoms with Gasteiger partial charge in [-0.2, -0.15) is 0 Å². The average molecular weight is 459 g/mol. The number of fused-ring (bicyclic) bond motifs is 1. The van der Waals surface area contributed by atoms with Gasteiger partial charge in [0.1, 0.15) is 5.00 Å². The van der Waals surface area contributed by atoms with Gasteiger partial charge in [-0.05, 0) is 69.4 Å². The zero-order valence-corrected chi connectivity index (χ0v) is 19.1. The van der Waals surface area contributed by atoms with E-state index in [1.165, 1.54) is 37.3 Å². The first kappa shape index (κ1) is 23.5. The van der Waals surface area contributed by atoms with Gasteiger partial charge in [0.25, 0.3) is 5.91 Å². The molecule has 0 aliphatic heterocycles. The molecule has 1 aliphatic carbocycles. The molecule has 3 rings (SSSR count). The quantitative estimate of drug-likeness (QED) is 0.608. The molecule has 1 unspecified atom stereocenters. The molecule has 1 atom stereocenters. The first-order valence-electron chi connectivity index (χ1n) is 10.5. The van der Waals surface area contributed by atoms with Crippen LogP contribution in [0, 0.1) is 0 Å². The fourth-order valence-electron chi connectivity index (χ4n) is 3.46. The van der Waals surface area contributed by atoms with Crippen molar-refractivity contribution in [2.45, 2.75) is 52.6 Å². The molecule has 0 spiro atoms. The normalized spacial score (nSPS) is 13.5. The second-order valence-electron chi connectivity index (χ2n) is 7.43. The molecular formula is C23H26N2O6S. The number of ether oxygens (including phenoxy) is 2. The van der Waals surface area contributed by atoms with Gasteiger partial charge in [-0.25, -0.2) is 9.59 Å². The number of hydrogen-bond donors (Lipinski definition) is 2. The van der Waals surface area contributed by atoms with E-state index in [1.807, 2.05) is 0 Å². The van der Waals surface area contributed by atoms with Crippen molar-refractivity contribution in [1.82, 2.24) is 0 Å². The fourth-order valence-corrected chi connectivity index (χ4v) is 4.74. The molecular weight excluding hydrogens is 432 g/mol. The second kappa shape index (κ2) is 10.4. The van der Waals surface area contributed by atoms with Crippen molar-refractivity contribution < 1.29 is 28.7 Å². The Morgan fingerprint density at radius 3 is 2.38 bits per heavy atom.